The average molecular weight is 292 g/mol. The van der Waals surface area contributed by atoms with Crippen molar-refractivity contribution < 1.29 is 9.90 Å². The number of rotatable bonds is 5. The summed E-state index contributed by atoms with van der Waals surface area (Å²) in [6.45, 7) is 2.18. The van der Waals surface area contributed by atoms with Crippen LogP contribution in [-0.2, 0) is 0 Å². The predicted molar refractivity (Wildman–Crippen MR) is 81.8 cm³/mol. The number of hydrogen-bond acceptors (Lipinski definition) is 5. The Kier molecular flexibility index (Phi) is 5.52. The normalized spacial score (nSPS) is 15.8. The minimum atomic E-state index is -0.0575. The van der Waals surface area contributed by atoms with Crippen molar-refractivity contribution in [3.05, 3.63) is 23.4 Å². The van der Waals surface area contributed by atoms with Crippen LogP contribution in [0.1, 0.15) is 48.2 Å². The number of carbonyl (C=O) groups is 1. The lowest BCUT2D eigenvalue weighted by Gasteiger charge is -2.34. The van der Waals surface area contributed by atoms with E-state index in [4.69, 9.17) is 5.84 Å². The number of aromatic nitrogens is 1. The minimum Gasteiger partial charge on any atom is -0.395 e. The third kappa shape index (κ3) is 3.92. The summed E-state index contributed by atoms with van der Waals surface area (Å²) in [5.74, 6) is 5.81. The topological polar surface area (TPSA) is 91.5 Å². The maximum Gasteiger partial charge on any atom is 0.254 e. The molecule has 1 aliphatic carbocycles. The van der Waals surface area contributed by atoms with Gasteiger partial charge in [0.05, 0.1) is 6.61 Å². The fourth-order valence-corrected chi connectivity index (χ4v) is 2.98. The third-order valence-corrected chi connectivity index (χ3v) is 3.97. The molecule has 116 valence electrons. The van der Waals surface area contributed by atoms with Crippen LogP contribution in [-0.4, -0.2) is 40.1 Å². The highest BCUT2D eigenvalue weighted by Gasteiger charge is 2.26. The van der Waals surface area contributed by atoms with Crippen LogP contribution >= 0.6 is 0 Å². The van der Waals surface area contributed by atoms with Crippen LogP contribution in [0.3, 0.4) is 0 Å². The van der Waals surface area contributed by atoms with Crippen molar-refractivity contribution in [1.82, 2.24) is 9.88 Å². The summed E-state index contributed by atoms with van der Waals surface area (Å²) >= 11 is 0. The van der Waals surface area contributed by atoms with E-state index in [0.717, 1.165) is 31.4 Å². The average Bonchev–Trinajstić information content (AvgIpc) is 2.52. The smallest absolute Gasteiger partial charge is 0.254 e. The summed E-state index contributed by atoms with van der Waals surface area (Å²) in [5, 5.41) is 9.28. The molecular formula is C15H24N4O2. The molecule has 1 heterocycles. The van der Waals surface area contributed by atoms with Gasteiger partial charge in [0.15, 0.2) is 0 Å². The number of pyridine rings is 1. The summed E-state index contributed by atoms with van der Waals surface area (Å²) in [6.07, 6.45) is 5.54. The highest BCUT2D eigenvalue weighted by molar-refractivity contribution is 5.95. The molecule has 0 radical (unpaired) electrons. The van der Waals surface area contributed by atoms with E-state index in [2.05, 4.69) is 10.4 Å². The van der Waals surface area contributed by atoms with E-state index in [1.54, 1.807) is 17.0 Å². The number of amides is 1. The first kappa shape index (κ1) is 15.7. The van der Waals surface area contributed by atoms with Gasteiger partial charge in [-0.3, -0.25) is 4.79 Å². The monoisotopic (exact) mass is 292 g/mol. The first-order valence-electron chi connectivity index (χ1n) is 7.53. The summed E-state index contributed by atoms with van der Waals surface area (Å²) < 4.78 is 0. The van der Waals surface area contributed by atoms with E-state index >= 15 is 0 Å². The lowest BCUT2D eigenvalue weighted by molar-refractivity contribution is 0.0585. The van der Waals surface area contributed by atoms with Gasteiger partial charge in [0.25, 0.3) is 5.91 Å². The van der Waals surface area contributed by atoms with Crippen molar-refractivity contribution >= 4 is 11.7 Å². The Morgan fingerprint density at radius 2 is 2.14 bits per heavy atom. The molecule has 0 aromatic carbocycles. The number of aliphatic hydroxyl groups is 1. The van der Waals surface area contributed by atoms with Crippen LogP contribution in [0.25, 0.3) is 0 Å². The molecule has 21 heavy (non-hydrogen) atoms. The summed E-state index contributed by atoms with van der Waals surface area (Å²) in [7, 11) is 0. The Bertz CT molecular complexity index is 487. The van der Waals surface area contributed by atoms with E-state index in [1.807, 2.05) is 6.92 Å². The molecule has 6 nitrogen and oxygen atoms in total. The molecule has 1 fully saturated rings. The number of aryl methyl sites for hydroxylation is 1. The number of nitrogens with one attached hydrogen (secondary N) is 1. The second kappa shape index (κ2) is 7.38. The summed E-state index contributed by atoms with van der Waals surface area (Å²) in [6, 6.07) is 3.64. The SMILES string of the molecule is Cc1cc(C(=O)N(CCO)C2CCCCC2)cc(NN)n1. The first-order valence-corrected chi connectivity index (χ1v) is 7.53. The van der Waals surface area contributed by atoms with Crippen molar-refractivity contribution in [2.45, 2.75) is 45.1 Å². The zero-order chi connectivity index (χ0) is 15.2. The zero-order valence-electron chi connectivity index (χ0n) is 12.5. The van der Waals surface area contributed by atoms with Crippen LogP contribution < -0.4 is 11.3 Å². The first-order chi connectivity index (χ1) is 10.2. The van der Waals surface area contributed by atoms with E-state index < -0.39 is 0 Å². The Hall–Kier alpha value is -1.66. The Balaban J connectivity index is 2.22. The maximum atomic E-state index is 12.8. The van der Waals surface area contributed by atoms with Crippen LogP contribution in [0, 0.1) is 6.92 Å². The van der Waals surface area contributed by atoms with Crippen LogP contribution in [0.4, 0.5) is 5.82 Å². The molecule has 0 saturated heterocycles. The van der Waals surface area contributed by atoms with Gasteiger partial charge in [0.1, 0.15) is 5.82 Å². The molecule has 0 spiro atoms. The van der Waals surface area contributed by atoms with Crippen molar-refractivity contribution in [1.29, 1.82) is 0 Å². The van der Waals surface area contributed by atoms with Crippen molar-refractivity contribution in [3.63, 3.8) is 0 Å². The van der Waals surface area contributed by atoms with Crippen LogP contribution in [0.15, 0.2) is 12.1 Å². The van der Waals surface area contributed by atoms with Crippen molar-refractivity contribution in [2.24, 2.45) is 5.84 Å². The molecule has 1 amide bonds. The number of nitrogens with two attached hydrogens (primary N) is 1. The fraction of sp³-hybridized carbons (Fsp3) is 0.600. The number of nitrogens with zero attached hydrogens (tertiary/aromatic N) is 2. The zero-order valence-corrected chi connectivity index (χ0v) is 12.5. The molecule has 1 aliphatic rings. The van der Waals surface area contributed by atoms with Gasteiger partial charge < -0.3 is 15.4 Å². The maximum absolute atomic E-state index is 12.8. The number of anilines is 1. The van der Waals surface area contributed by atoms with Gasteiger partial charge in [-0.1, -0.05) is 19.3 Å². The number of carbonyl (C=O) groups excluding carboxylic acids is 1. The Morgan fingerprint density at radius 1 is 1.43 bits per heavy atom. The Labute approximate surface area is 125 Å². The summed E-state index contributed by atoms with van der Waals surface area (Å²) in [5.41, 5.74) is 3.78. The van der Waals surface area contributed by atoms with Gasteiger partial charge in [0, 0.05) is 23.8 Å². The van der Waals surface area contributed by atoms with Crippen molar-refractivity contribution in [3.8, 4) is 0 Å². The lowest BCUT2D eigenvalue weighted by Crippen LogP contribution is -2.43. The molecule has 2 rings (SSSR count). The van der Waals surface area contributed by atoms with E-state index in [0.29, 0.717) is 17.9 Å². The van der Waals surface area contributed by atoms with Gasteiger partial charge in [-0.2, -0.15) is 0 Å². The minimum absolute atomic E-state index is 0.0195. The molecular weight excluding hydrogens is 268 g/mol. The Morgan fingerprint density at radius 3 is 2.76 bits per heavy atom. The van der Waals surface area contributed by atoms with E-state index in [9.17, 15) is 9.90 Å². The summed E-state index contributed by atoms with van der Waals surface area (Å²) in [4.78, 5) is 18.8. The number of nitrogen functional groups attached to an aromatic ring is 1. The van der Waals surface area contributed by atoms with Gasteiger partial charge in [-0.05, 0) is 31.9 Å². The second-order valence-electron chi connectivity index (χ2n) is 5.54. The molecule has 4 N–H and O–H groups in total. The van der Waals surface area contributed by atoms with E-state index in [1.165, 1.54) is 6.42 Å². The fourth-order valence-electron chi connectivity index (χ4n) is 2.98. The number of hydrogen-bond donors (Lipinski definition) is 3. The van der Waals surface area contributed by atoms with Gasteiger partial charge in [-0.25, -0.2) is 10.8 Å². The lowest BCUT2D eigenvalue weighted by atomic mass is 9.93. The molecule has 0 atom stereocenters. The second-order valence-corrected chi connectivity index (χ2v) is 5.54. The van der Waals surface area contributed by atoms with Crippen molar-refractivity contribution in [2.75, 3.05) is 18.6 Å². The molecule has 0 aliphatic heterocycles. The van der Waals surface area contributed by atoms with Gasteiger partial charge in [-0.15, -0.1) is 0 Å². The number of aliphatic hydroxyl groups excluding tert-OH is 1. The van der Waals surface area contributed by atoms with Gasteiger partial charge >= 0.3 is 0 Å². The van der Waals surface area contributed by atoms with Crippen LogP contribution in [0.2, 0.25) is 0 Å². The quantitative estimate of drug-likeness (QED) is 0.564. The number of hydrazine groups is 1. The molecule has 1 aromatic heterocycles. The molecule has 0 unspecified atom stereocenters. The largest absolute Gasteiger partial charge is 0.395 e. The highest BCUT2D eigenvalue weighted by Crippen LogP contribution is 2.24. The van der Waals surface area contributed by atoms with Gasteiger partial charge in [0.2, 0.25) is 0 Å². The standard InChI is InChI=1S/C15H24N4O2/c1-11-9-12(10-14(17-11)18-16)15(21)19(7-8-20)13-5-3-2-4-6-13/h9-10,13,20H,2-8,16H2,1H3,(H,17,18). The predicted octanol–water partition coefficient (Wildman–Crippen LogP) is 1.44. The molecule has 1 saturated carbocycles. The molecule has 6 heteroatoms. The van der Waals surface area contributed by atoms with Crippen LogP contribution in [0.5, 0.6) is 0 Å². The van der Waals surface area contributed by atoms with E-state index in [-0.39, 0.29) is 18.6 Å². The third-order valence-electron chi connectivity index (χ3n) is 3.97. The highest BCUT2D eigenvalue weighted by atomic mass is 16.3. The molecule has 0 bridgehead atoms. The molecule has 1 aromatic rings.